The van der Waals surface area contributed by atoms with Gasteiger partial charge >= 0.3 is 6.09 Å². The maximum absolute atomic E-state index is 11.5. The van der Waals surface area contributed by atoms with E-state index in [0.717, 1.165) is 23.3 Å². The van der Waals surface area contributed by atoms with Crippen LogP contribution in [0.5, 0.6) is 5.75 Å². The largest absolute Gasteiger partial charge is 0.493 e. The summed E-state index contributed by atoms with van der Waals surface area (Å²) in [5, 5.41) is 0. The Labute approximate surface area is 131 Å². The van der Waals surface area contributed by atoms with Gasteiger partial charge in [-0.15, -0.1) is 0 Å². The highest BCUT2D eigenvalue weighted by atomic mass is 16.6. The molecule has 0 aliphatic carbocycles. The Balaban J connectivity index is 2.13. The monoisotopic (exact) mass is 308 g/mol. The van der Waals surface area contributed by atoms with Crippen molar-refractivity contribution in [3.8, 4) is 5.75 Å². The molecular formula is C16H24N2O4. The predicted molar refractivity (Wildman–Crippen MR) is 83.6 cm³/mol. The van der Waals surface area contributed by atoms with Crippen LogP contribution < -0.4 is 15.6 Å². The quantitative estimate of drug-likeness (QED) is 0.599. The van der Waals surface area contributed by atoms with Gasteiger partial charge in [0, 0.05) is 6.42 Å². The maximum atomic E-state index is 11.5. The van der Waals surface area contributed by atoms with E-state index in [1.165, 1.54) is 0 Å². The van der Waals surface area contributed by atoms with Gasteiger partial charge in [0.15, 0.2) is 0 Å². The summed E-state index contributed by atoms with van der Waals surface area (Å²) in [5.74, 6) is 0.633. The van der Waals surface area contributed by atoms with Crippen LogP contribution in [0, 0.1) is 13.8 Å². The van der Waals surface area contributed by atoms with Gasteiger partial charge in [0.25, 0.3) is 0 Å². The number of ether oxygens (including phenoxy) is 2. The van der Waals surface area contributed by atoms with Gasteiger partial charge in [0.2, 0.25) is 5.91 Å². The van der Waals surface area contributed by atoms with Crippen LogP contribution in [0.25, 0.3) is 0 Å². The molecule has 0 saturated carbocycles. The first-order valence-electron chi connectivity index (χ1n) is 7.44. The molecule has 0 aliphatic rings. The van der Waals surface area contributed by atoms with Crippen LogP contribution >= 0.6 is 0 Å². The van der Waals surface area contributed by atoms with E-state index in [9.17, 15) is 9.59 Å². The Morgan fingerprint density at radius 1 is 1.14 bits per heavy atom. The molecule has 0 heterocycles. The molecule has 2 N–H and O–H groups in total. The summed E-state index contributed by atoms with van der Waals surface area (Å²) < 4.78 is 10.3. The standard InChI is InChI=1S/C16H24N2O4/c1-4-21-16(20)18-17-15(19)7-5-6-10-22-14-11-12(2)8-9-13(14)3/h8-9,11H,4-7,10H2,1-3H3,(H,17,19)(H,18,20). The zero-order valence-corrected chi connectivity index (χ0v) is 13.4. The van der Waals surface area contributed by atoms with Crippen molar-refractivity contribution in [1.82, 2.24) is 10.9 Å². The highest BCUT2D eigenvalue weighted by Gasteiger charge is 2.05. The second-order valence-corrected chi connectivity index (χ2v) is 4.97. The van der Waals surface area contributed by atoms with Gasteiger partial charge in [-0.3, -0.25) is 10.2 Å². The topological polar surface area (TPSA) is 76.7 Å². The first-order chi connectivity index (χ1) is 10.5. The summed E-state index contributed by atoms with van der Waals surface area (Å²) in [6, 6.07) is 6.08. The predicted octanol–water partition coefficient (Wildman–Crippen LogP) is 2.63. The van der Waals surface area contributed by atoms with Gasteiger partial charge in [-0.25, -0.2) is 10.2 Å². The van der Waals surface area contributed by atoms with E-state index in [2.05, 4.69) is 15.6 Å². The number of rotatable bonds is 7. The van der Waals surface area contributed by atoms with Gasteiger partial charge in [-0.1, -0.05) is 12.1 Å². The smallest absolute Gasteiger partial charge is 0.426 e. The summed E-state index contributed by atoms with van der Waals surface area (Å²) in [5.41, 5.74) is 6.72. The lowest BCUT2D eigenvalue weighted by atomic mass is 10.1. The molecule has 0 atom stereocenters. The van der Waals surface area contributed by atoms with Crippen molar-refractivity contribution in [3.05, 3.63) is 29.3 Å². The summed E-state index contributed by atoms with van der Waals surface area (Å²) in [7, 11) is 0. The lowest BCUT2D eigenvalue weighted by Gasteiger charge is -2.10. The summed E-state index contributed by atoms with van der Waals surface area (Å²) in [4.78, 5) is 22.4. The molecule has 0 unspecified atom stereocenters. The van der Waals surface area contributed by atoms with Gasteiger partial charge in [-0.05, 0) is 50.8 Å². The fraction of sp³-hybridized carbons (Fsp3) is 0.500. The highest BCUT2D eigenvalue weighted by molar-refractivity contribution is 5.78. The molecule has 0 aliphatic heterocycles. The lowest BCUT2D eigenvalue weighted by molar-refractivity contribution is -0.122. The number of hydrazine groups is 1. The molecule has 1 rings (SSSR count). The van der Waals surface area contributed by atoms with E-state index in [1.54, 1.807) is 6.92 Å². The number of amides is 2. The molecule has 0 bridgehead atoms. The molecule has 6 heteroatoms. The number of aryl methyl sites for hydroxylation is 2. The average Bonchev–Trinajstić information content (AvgIpc) is 2.48. The van der Waals surface area contributed by atoms with E-state index in [-0.39, 0.29) is 12.5 Å². The number of unbranched alkanes of at least 4 members (excludes halogenated alkanes) is 1. The minimum Gasteiger partial charge on any atom is -0.493 e. The summed E-state index contributed by atoms with van der Waals surface area (Å²) >= 11 is 0. The van der Waals surface area contributed by atoms with E-state index < -0.39 is 6.09 Å². The van der Waals surface area contributed by atoms with Crippen LogP contribution in [0.3, 0.4) is 0 Å². The molecule has 0 saturated heterocycles. The van der Waals surface area contributed by atoms with Gasteiger partial charge in [0.1, 0.15) is 5.75 Å². The molecule has 22 heavy (non-hydrogen) atoms. The van der Waals surface area contributed by atoms with Gasteiger partial charge < -0.3 is 9.47 Å². The number of benzene rings is 1. The number of hydrogen-bond acceptors (Lipinski definition) is 4. The second kappa shape index (κ2) is 9.65. The summed E-state index contributed by atoms with van der Waals surface area (Å²) in [6.07, 6.45) is 1.11. The van der Waals surface area contributed by atoms with Crippen LogP contribution in [-0.4, -0.2) is 25.2 Å². The minimum atomic E-state index is -0.658. The molecular weight excluding hydrogens is 284 g/mol. The van der Waals surface area contributed by atoms with Gasteiger partial charge in [-0.2, -0.15) is 0 Å². The minimum absolute atomic E-state index is 0.250. The van der Waals surface area contributed by atoms with Crippen LogP contribution in [0.4, 0.5) is 4.79 Å². The van der Waals surface area contributed by atoms with Crippen molar-refractivity contribution in [2.75, 3.05) is 13.2 Å². The number of nitrogens with one attached hydrogen (secondary N) is 2. The fourth-order valence-corrected chi connectivity index (χ4v) is 1.78. The molecule has 0 spiro atoms. The second-order valence-electron chi connectivity index (χ2n) is 4.97. The van der Waals surface area contributed by atoms with Crippen LogP contribution in [0.15, 0.2) is 18.2 Å². The number of carbonyl (C=O) groups excluding carboxylic acids is 2. The Morgan fingerprint density at radius 3 is 2.64 bits per heavy atom. The highest BCUT2D eigenvalue weighted by Crippen LogP contribution is 2.19. The van der Waals surface area contributed by atoms with Crippen LogP contribution in [-0.2, 0) is 9.53 Å². The SMILES string of the molecule is CCOC(=O)NNC(=O)CCCCOc1cc(C)ccc1C. The molecule has 6 nitrogen and oxygen atoms in total. The maximum Gasteiger partial charge on any atom is 0.426 e. The van der Waals surface area contributed by atoms with Crippen LogP contribution in [0.1, 0.15) is 37.3 Å². The zero-order chi connectivity index (χ0) is 16.4. The van der Waals surface area contributed by atoms with Crippen molar-refractivity contribution in [3.63, 3.8) is 0 Å². The van der Waals surface area contributed by atoms with Crippen LogP contribution in [0.2, 0.25) is 0 Å². The van der Waals surface area contributed by atoms with Gasteiger partial charge in [0.05, 0.1) is 13.2 Å². The normalized spacial score (nSPS) is 9.95. The third-order valence-electron chi connectivity index (χ3n) is 2.98. The third-order valence-corrected chi connectivity index (χ3v) is 2.98. The summed E-state index contributed by atoms with van der Waals surface area (Å²) in [6.45, 7) is 6.54. The Hall–Kier alpha value is -2.24. The van der Waals surface area contributed by atoms with Crippen molar-refractivity contribution < 1.29 is 19.1 Å². The van der Waals surface area contributed by atoms with Crippen molar-refractivity contribution >= 4 is 12.0 Å². The lowest BCUT2D eigenvalue weighted by Crippen LogP contribution is -2.41. The molecule has 122 valence electrons. The van der Waals surface area contributed by atoms with Crippen molar-refractivity contribution in [2.24, 2.45) is 0 Å². The zero-order valence-electron chi connectivity index (χ0n) is 13.4. The first-order valence-corrected chi connectivity index (χ1v) is 7.44. The fourth-order valence-electron chi connectivity index (χ4n) is 1.78. The van der Waals surface area contributed by atoms with Crippen molar-refractivity contribution in [2.45, 2.75) is 40.0 Å². The molecule has 1 aromatic rings. The Morgan fingerprint density at radius 2 is 1.91 bits per heavy atom. The van der Waals surface area contributed by atoms with E-state index in [1.807, 2.05) is 32.0 Å². The van der Waals surface area contributed by atoms with E-state index >= 15 is 0 Å². The molecule has 0 aromatic heterocycles. The third kappa shape index (κ3) is 6.97. The first kappa shape index (κ1) is 17.8. The Bertz CT molecular complexity index is 503. The Kier molecular flexibility index (Phi) is 7.81. The number of hydrogen-bond donors (Lipinski definition) is 2. The van der Waals surface area contributed by atoms with Crippen molar-refractivity contribution in [1.29, 1.82) is 0 Å². The van der Waals surface area contributed by atoms with E-state index in [4.69, 9.17) is 4.74 Å². The molecule has 0 fully saturated rings. The molecule has 1 aromatic carbocycles. The molecule has 0 radical (unpaired) electrons. The average molecular weight is 308 g/mol. The van der Waals surface area contributed by atoms with E-state index in [0.29, 0.717) is 19.4 Å². The number of carbonyl (C=O) groups is 2. The molecule has 2 amide bonds.